The van der Waals surface area contributed by atoms with Gasteiger partial charge in [-0.2, -0.15) is 0 Å². The van der Waals surface area contributed by atoms with Crippen molar-refractivity contribution in [1.82, 2.24) is 4.57 Å². The molecule has 0 N–H and O–H groups in total. The van der Waals surface area contributed by atoms with E-state index in [-0.39, 0.29) is 63.4 Å². The summed E-state index contributed by atoms with van der Waals surface area (Å²) >= 11 is 6.26. The van der Waals surface area contributed by atoms with E-state index >= 15 is 0 Å². The van der Waals surface area contributed by atoms with Crippen molar-refractivity contribution in [2.24, 2.45) is 0 Å². The van der Waals surface area contributed by atoms with Gasteiger partial charge in [-0.3, -0.25) is 0 Å². The molecule has 2 aliphatic rings. The van der Waals surface area contributed by atoms with Crippen LogP contribution in [0.5, 0.6) is 0 Å². The molecule has 1 aromatic carbocycles. The van der Waals surface area contributed by atoms with Crippen LogP contribution in [0.3, 0.4) is 0 Å². The Kier molecular flexibility index (Phi) is 10.4. The van der Waals surface area contributed by atoms with Crippen LogP contribution in [0.4, 0.5) is 0 Å². The van der Waals surface area contributed by atoms with Crippen LogP contribution in [-0.4, -0.2) is 4.57 Å². The molecular formula is C14H11Cl4NZr. The third-order valence-electron chi connectivity index (χ3n) is 2.79. The van der Waals surface area contributed by atoms with Crippen molar-refractivity contribution in [1.29, 1.82) is 0 Å². The van der Waals surface area contributed by atoms with E-state index in [4.69, 9.17) is 11.6 Å². The smallest absolute Gasteiger partial charge is 1.00 e. The van der Waals surface area contributed by atoms with Gasteiger partial charge in [0.15, 0.2) is 0 Å². The first-order chi connectivity index (χ1) is 7.75. The molecule has 0 radical (unpaired) electrons. The predicted octanol–water partition coefficient (Wildman–Crippen LogP) is -4.73. The maximum atomic E-state index is 6.26. The van der Waals surface area contributed by atoms with Crippen molar-refractivity contribution in [2.45, 2.75) is 6.92 Å². The maximum absolute atomic E-state index is 6.26. The number of nitrogens with zero attached hydrogens (tertiary/aromatic N) is 1. The number of hydrogen-bond donors (Lipinski definition) is 0. The Morgan fingerprint density at radius 3 is 2.20 bits per heavy atom. The van der Waals surface area contributed by atoms with Crippen LogP contribution in [0.2, 0.25) is 5.15 Å². The zero-order valence-corrected chi connectivity index (χ0v) is 16.1. The van der Waals surface area contributed by atoms with Gasteiger partial charge in [0, 0.05) is 5.15 Å². The number of aryl methyl sites for hydroxylation is 1. The molecule has 3 rings (SSSR count). The molecule has 20 heavy (non-hydrogen) atoms. The predicted molar refractivity (Wildman–Crippen MR) is 67.7 cm³/mol. The average Bonchev–Trinajstić information content (AvgIpc) is 2.74. The van der Waals surface area contributed by atoms with Gasteiger partial charge in [0.2, 0.25) is 0 Å². The van der Waals surface area contributed by atoms with Gasteiger partial charge in [0.05, 0.1) is 0 Å². The minimum atomic E-state index is 0. The number of fused-ring (bicyclic) bond motifs is 1. The number of aromatic nitrogens is 1. The largest absolute Gasteiger partial charge is 4.00 e. The van der Waals surface area contributed by atoms with Crippen LogP contribution in [0, 0.1) is 6.92 Å². The Labute approximate surface area is 161 Å². The summed E-state index contributed by atoms with van der Waals surface area (Å²) in [5, 5.41) is 0.760. The summed E-state index contributed by atoms with van der Waals surface area (Å²) in [6.45, 7) is 2.10. The van der Waals surface area contributed by atoms with E-state index in [0.29, 0.717) is 0 Å². The molecule has 0 bridgehead atoms. The molecule has 1 heterocycles. The SMILES string of the molecule is Cc1cc2c[c-](Cl)n(-c3ccccc3)c-2c1.[Cl-].[Cl-].[Cl-].[Zr+4]. The Hall–Kier alpha value is 0.153. The van der Waals surface area contributed by atoms with Crippen molar-refractivity contribution in [3.05, 3.63) is 59.2 Å². The third kappa shape index (κ3) is 4.09. The number of benzene rings is 1. The first kappa shape index (κ1) is 22.4. The van der Waals surface area contributed by atoms with Gasteiger partial charge in [0.25, 0.3) is 0 Å². The topological polar surface area (TPSA) is 4.93 Å². The molecule has 0 saturated carbocycles. The first-order valence-corrected chi connectivity index (χ1v) is 5.63. The molecule has 0 unspecified atom stereocenters. The second-order valence-corrected chi connectivity index (χ2v) is 4.40. The summed E-state index contributed by atoms with van der Waals surface area (Å²) in [5.41, 5.74) is 4.75. The standard InChI is InChI=1S/C14H11ClN.3ClH.Zr/c1-10-7-11-9-14(15)16(13(11)8-10)12-5-3-2-4-6-12;;;;/h2-9H,1H3;3*1H;/q-1;;;;+4/p-3. The minimum Gasteiger partial charge on any atom is -1.00 e. The van der Waals surface area contributed by atoms with Gasteiger partial charge in [-0.1, -0.05) is 47.7 Å². The van der Waals surface area contributed by atoms with Crippen molar-refractivity contribution in [2.75, 3.05) is 0 Å². The van der Waals surface area contributed by atoms with Gasteiger partial charge in [-0.05, 0) is 12.6 Å². The Morgan fingerprint density at radius 2 is 1.60 bits per heavy atom. The Balaban J connectivity index is 0. The molecule has 0 saturated heterocycles. The second-order valence-electron chi connectivity index (χ2n) is 4.01. The summed E-state index contributed by atoms with van der Waals surface area (Å²) in [6.07, 6.45) is 0. The van der Waals surface area contributed by atoms with Crippen LogP contribution < -0.4 is 37.2 Å². The first-order valence-electron chi connectivity index (χ1n) is 5.25. The fraction of sp³-hybridized carbons (Fsp3) is 0.0714. The maximum Gasteiger partial charge on any atom is 4.00 e. The van der Waals surface area contributed by atoms with Gasteiger partial charge in [-0.15, -0.1) is 29.3 Å². The van der Waals surface area contributed by atoms with Crippen molar-refractivity contribution < 1.29 is 63.4 Å². The number of para-hydroxylation sites is 1. The van der Waals surface area contributed by atoms with E-state index in [1.165, 1.54) is 16.8 Å². The normalized spacial score (nSPS) is 8.90. The number of rotatable bonds is 1. The molecule has 0 fully saturated rings. The Bertz CT molecular complexity index is 603. The quantitative estimate of drug-likeness (QED) is 0.345. The van der Waals surface area contributed by atoms with Crippen molar-refractivity contribution >= 4 is 11.6 Å². The molecule has 0 amide bonds. The molecule has 0 spiro atoms. The minimum absolute atomic E-state index is 0. The summed E-state index contributed by atoms with van der Waals surface area (Å²) in [6, 6.07) is 16.5. The van der Waals surface area contributed by atoms with Gasteiger partial charge in [0.1, 0.15) is 0 Å². The number of hydrogen-bond acceptors (Lipinski definition) is 0. The van der Waals surface area contributed by atoms with Crippen LogP contribution in [0.25, 0.3) is 16.9 Å². The van der Waals surface area contributed by atoms with E-state index in [1.807, 2.05) is 24.3 Å². The van der Waals surface area contributed by atoms with Crippen LogP contribution >= 0.6 is 11.6 Å². The van der Waals surface area contributed by atoms with E-state index in [1.54, 1.807) is 0 Å². The molecular weight excluding hydrogens is 415 g/mol. The summed E-state index contributed by atoms with van der Waals surface area (Å²) < 4.78 is 2.07. The second kappa shape index (κ2) is 9.23. The molecule has 1 aliphatic carbocycles. The molecule has 104 valence electrons. The number of halogens is 4. The molecule has 1 aliphatic heterocycles. The van der Waals surface area contributed by atoms with Gasteiger partial charge >= 0.3 is 26.2 Å². The van der Waals surface area contributed by atoms with Crippen LogP contribution in [0.1, 0.15) is 5.56 Å². The fourth-order valence-corrected chi connectivity index (χ4v) is 2.42. The molecule has 0 atom stereocenters. The van der Waals surface area contributed by atoms with Gasteiger partial charge < -0.3 is 41.8 Å². The van der Waals surface area contributed by atoms with E-state index in [2.05, 4.69) is 35.8 Å². The van der Waals surface area contributed by atoms with Crippen LogP contribution in [-0.2, 0) is 26.2 Å². The van der Waals surface area contributed by atoms with Crippen molar-refractivity contribution in [3.63, 3.8) is 0 Å². The molecule has 0 aromatic heterocycles. The zero-order valence-electron chi connectivity index (χ0n) is 10.6. The zero-order chi connectivity index (χ0) is 11.1. The monoisotopic (exact) mass is 423 g/mol. The van der Waals surface area contributed by atoms with E-state index in [9.17, 15) is 0 Å². The fourth-order valence-electron chi connectivity index (χ4n) is 2.12. The van der Waals surface area contributed by atoms with E-state index in [0.717, 1.165) is 10.8 Å². The van der Waals surface area contributed by atoms with Gasteiger partial charge in [-0.25, -0.2) is 0 Å². The average molecular weight is 426 g/mol. The van der Waals surface area contributed by atoms with Crippen LogP contribution in [0.15, 0.2) is 48.5 Å². The summed E-state index contributed by atoms with van der Waals surface area (Å²) in [5.74, 6) is 0. The third-order valence-corrected chi connectivity index (χ3v) is 3.06. The Morgan fingerprint density at radius 1 is 1.00 bits per heavy atom. The summed E-state index contributed by atoms with van der Waals surface area (Å²) in [4.78, 5) is 0. The summed E-state index contributed by atoms with van der Waals surface area (Å²) in [7, 11) is 0. The molecule has 6 heteroatoms. The van der Waals surface area contributed by atoms with Crippen molar-refractivity contribution in [3.8, 4) is 16.9 Å². The molecule has 1 aromatic rings. The van der Waals surface area contributed by atoms with E-state index < -0.39 is 0 Å². The molecule has 1 nitrogen and oxygen atoms in total.